The van der Waals surface area contributed by atoms with Gasteiger partial charge in [-0.15, -0.1) is 0 Å². The van der Waals surface area contributed by atoms with E-state index in [4.69, 9.17) is 0 Å². The Morgan fingerprint density at radius 1 is 1.12 bits per heavy atom. The van der Waals surface area contributed by atoms with Crippen molar-refractivity contribution in [1.29, 1.82) is 0 Å². The molecule has 0 atom stereocenters. The molecule has 0 aromatic heterocycles. The minimum Gasteiger partial charge on any atom is -0.326 e. The molecule has 2 N–H and O–H groups in total. The van der Waals surface area contributed by atoms with Crippen molar-refractivity contribution in [2.24, 2.45) is 0 Å². The predicted octanol–water partition coefficient (Wildman–Crippen LogP) is 3.62. The number of amides is 1. The van der Waals surface area contributed by atoms with Crippen molar-refractivity contribution in [3.8, 4) is 0 Å². The summed E-state index contributed by atoms with van der Waals surface area (Å²) in [7, 11) is -3.31. The predicted molar refractivity (Wildman–Crippen MR) is 107 cm³/mol. The number of unbranched alkanes of at least 4 members (excludes halogenated alkanes) is 1. The standard InChI is InChI=1S/C20H32N2O3S/c1-14-13-18(15(2)17-10-8-9-16(14)17)22-19(23)11-6-7-12-21-26(24,25)20(3,4)5/h13,21H,6-12H2,1-5H3,(H,22,23). The van der Waals surface area contributed by atoms with E-state index in [1.165, 1.54) is 28.7 Å². The van der Waals surface area contributed by atoms with Gasteiger partial charge in [0.25, 0.3) is 0 Å². The first-order chi connectivity index (χ1) is 12.0. The van der Waals surface area contributed by atoms with Gasteiger partial charge in [0.15, 0.2) is 0 Å². The summed E-state index contributed by atoms with van der Waals surface area (Å²) < 4.78 is 25.7. The third kappa shape index (κ3) is 4.86. The van der Waals surface area contributed by atoms with Gasteiger partial charge in [-0.1, -0.05) is 0 Å². The number of anilines is 1. The molecular formula is C20H32N2O3S. The molecule has 26 heavy (non-hydrogen) atoms. The van der Waals surface area contributed by atoms with Crippen LogP contribution >= 0.6 is 0 Å². The smallest absolute Gasteiger partial charge is 0.224 e. The van der Waals surface area contributed by atoms with Gasteiger partial charge in [-0.3, -0.25) is 4.79 Å². The van der Waals surface area contributed by atoms with Gasteiger partial charge in [-0.05, 0) is 95.0 Å². The summed E-state index contributed by atoms with van der Waals surface area (Å²) in [5.41, 5.74) is 6.22. The Balaban J connectivity index is 1.81. The highest BCUT2D eigenvalue weighted by atomic mass is 32.2. The lowest BCUT2D eigenvalue weighted by molar-refractivity contribution is -0.116. The third-order valence-corrected chi connectivity index (χ3v) is 7.31. The van der Waals surface area contributed by atoms with E-state index in [-0.39, 0.29) is 5.91 Å². The molecule has 146 valence electrons. The zero-order chi connectivity index (χ0) is 19.5. The molecule has 2 rings (SSSR count). The highest BCUT2D eigenvalue weighted by Crippen LogP contribution is 2.33. The van der Waals surface area contributed by atoms with Gasteiger partial charge in [0, 0.05) is 18.7 Å². The molecule has 1 aliphatic carbocycles. The molecule has 6 heteroatoms. The Morgan fingerprint density at radius 2 is 1.77 bits per heavy atom. The fourth-order valence-corrected chi connectivity index (χ4v) is 4.19. The van der Waals surface area contributed by atoms with Crippen LogP contribution in [0.1, 0.15) is 68.7 Å². The molecule has 1 aliphatic rings. The van der Waals surface area contributed by atoms with Crippen LogP contribution in [0.2, 0.25) is 0 Å². The van der Waals surface area contributed by atoms with Crippen LogP contribution < -0.4 is 10.0 Å². The first-order valence-electron chi connectivity index (χ1n) is 9.44. The molecule has 0 heterocycles. The Kier molecular flexibility index (Phi) is 6.51. The van der Waals surface area contributed by atoms with E-state index < -0.39 is 14.8 Å². The molecule has 0 unspecified atom stereocenters. The van der Waals surface area contributed by atoms with E-state index in [1.807, 2.05) is 0 Å². The van der Waals surface area contributed by atoms with Crippen LogP contribution in [0.15, 0.2) is 6.07 Å². The second-order valence-corrected chi connectivity index (χ2v) is 10.7. The molecule has 0 saturated carbocycles. The lowest BCUT2D eigenvalue weighted by Crippen LogP contribution is -2.39. The fourth-order valence-electron chi connectivity index (χ4n) is 3.34. The Morgan fingerprint density at radius 3 is 2.42 bits per heavy atom. The van der Waals surface area contributed by atoms with Gasteiger partial charge in [-0.2, -0.15) is 0 Å². The summed E-state index contributed by atoms with van der Waals surface area (Å²) in [5, 5.41) is 3.03. The summed E-state index contributed by atoms with van der Waals surface area (Å²) in [4.78, 5) is 12.2. The van der Waals surface area contributed by atoms with E-state index in [1.54, 1.807) is 20.8 Å². The number of hydrogen-bond acceptors (Lipinski definition) is 3. The molecule has 1 aromatic rings. The first kappa shape index (κ1) is 20.9. The number of aryl methyl sites for hydroxylation is 1. The molecule has 0 aliphatic heterocycles. The fraction of sp³-hybridized carbons (Fsp3) is 0.650. The van der Waals surface area contributed by atoms with Crippen molar-refractivity contribution in [2.45, 2.75) is 77.9 Å². The van der Waals surface area contributed by atoms with Crippen LogP contribution in [0.25, 0.3) is 0 Å². The average Bonchev–Trinajstić information content (AvgIpc) is 3.01. The number of sulfonamides is 1. The lowest BCUT2D eigenvalue weighted by Gasteiger charge is -2.19. The van der Waals surface area contributed by atoms with Crippen LogP contribution in [-0.4, -0.2) is 25.6 Å². The van der Waals surface area contributed by atoms with E-state index in [0.29, 0.717) is 25.8 Å². The lowest BCUT2D eigenvalue weighted by atomic mass is 9.98. The number of benzene rings is 1. The number of carbonyl (C=O) groups excluding carboxylic acids is 1. The maximum absolute atomic E-state index is 12.2. The van der Waals surface area contributed by atoms with Crippen molar-refractivity contribution in [3.05, 3.63) is 28.3 Å². The van der Waals surface area contributed by atoms with Crippen LogP contribution in [0.5, 0.6) is 0 Å². The number of carbonyl (C=O) groups is 1. The van der Waals surface area contributed by atoms with Gasteiger partial charge < -0.3 is 5.32 Å². The van der Waals surface area contributed by atoms with E-state index in [2.05, 4.69) is 30.0 Å². The van der Waals surface area contributed by atoms with Crippen LogP contribution in [0.4, 0.5) is 5.69 Å². The van der Waals surface area contributed by atoms with Gasteiger partial charge in [0.05, 0.1) is 4.75 Å². The van der Waals surface area contributed by atoms with E-state index in [0.717, 1.165) is 18.5 Å². The first-order valence-corrected chi connectivity index (χ1v) is 10.9. The normalized spacial score (nSPS) is 14.3. The van der Waals surface area contributed by atoms with Gasteiger partial charge in [-0.25, -0.2) is 13.1 Å². The summed E-state index contributed by atoms with van der Waals surface area (Å²) in [6.45, 7) is 9.57. The van der Waals surface area contributed by atoms with Crippen LogP contribution in [0, 0.1) is 13.8 Å². The SMILES string of the molecule is Cc1cc(NC(=O)CCCCNS(=O)(=O)C(C)(C)C)c(C)c2c1CCC2. The second kappa shape index (κ2) is 8.09. The van der Waals surface area contributed by atoms with E-state index in [9.17, 15) is 13.2 Å². The van der Waals surface area contributed by atoms with Gasteiger partial charge in [0.1, 0.15) is 0 Å². The minimum atomic E-state index is -3.31. The van der Waals surface area contributed by atoms with Crippen LogP contribution in [-0.2, 0) is 27.7 Å². The van der Waals surface area contributed by atoms with Crippen molar-refractivity contribution in [2.75, 3.05) is 11.9 Å². The number of nitrogens with one attached hydrogen (secondary N) is 2. The third-order valence-electron chi connectivity index (χ3n) is 5.11. The Labute approximate surface area is 158 Å². The van der Waals surface area contributed by atoms with Crippen LogP contribution in [0.3, 0.4) is 0 Å². The number of rotatable bonds is 7. The van der Waals surface area contributed by atoms with Crippen molar-refractivity contribution in [3.63, 3.8) is 0 Å². The molecule has 1 aromatic carbocycles. The minimum absolute atomic E-state index is 0.0101. The molecule has 0 radical (unpaired) electrons. The molecule has 0 spiro atoms. The quantitative estimate of drug-likeness (QED) is 0.710. The topological polar surface area (TPSA) is 75.3 Å². The summed E-state index contributed by atoms with van der Waals surface area (Å²) in [5.74, 6) is -0.0101. The maximum atomic E-state index is 12.2. The summed E-state index contributed by atoms with van der Waals surface area (Å²) in [6.07, 6.45) is 5.12. The van der Waals surface area contributed by atoms with Crippen molar-refractivity contribution < 1.29 is 13.2 Å². The van der Waals surface area contributed by atoms with Gasteiger partial charge >= 0.3 is 0 Å². The summed E-state index contributed by atoms with van der Waals surface area (Å²) in [6, 6.07) is 2.08. The van der Waals surface area contributed by atoms with Crippen molar-refractivity contribution >= 4 is 21.6 Å². The zero-order valence-corrected chi connectivity index (χ0v) is 17.5. The Bertz CT molecular complexity index is 777. The largest absolute Gasteiger partial charge is 0.326 e. The molecular weight excluding hydrogens is 348 g/mol. The van der Waals surface area contributed by atoms with Gasteiger partial charge in [0.2, 0.25) is 15.9 Å². The molecule has 0 bridgehead atoms. The second-order valence-electron chi connectivity index (χ2n) is 8.19. The molecule has 0 saturated heterocycles. The Hall–Kier alpha value is -1.40. The number of fused-ring (bicyclic) bond motifs is 1. The number of hydrogen-bond donors (Lipinski definition) is 2. The maximum Gasteiger partial charge on any atom is 0.224 e. The zero-order valence-electron chi connectivity index (χ0n) is 16.7. The van der Waals surface area contributed by atoms with E-state index >= 15 is 0 Å². The van der Waals surface area contributed by atoms with Crippen molar-refractivity contribution in [1.82, 2.24) is 4.72 Å². The highest BCUT2D eigenvalue weighted by Gasteiger charge is 2.28. The molecule has 5 nitrogen and oxygen atoms in total. The molecule has 1 amide bonds. The summed E-state index contributed by atoms with van der Waals surface area (Å²) >= 11 is 0. The molecule has 0 fully saturated rings. The monoisotopic (exact) mass is 380 g/mol. The highest BCUT2D eigenvalue weighted by molar-refractivity contribution is 7.90. The average molecular weight is 381 g/mol.